The Morgan fingerprint density at radius 3 is 1.29 bits per heavy atom. The number of carboxylic acid groups (broad SMARTS) is 1. The number of hydrogen-bond donors (Lipinski definition) is 0. The van der Waals surface area contributed by atoms with Crippen LogP contribution in [-0.4, -0.2) is 43.6 Å². The Hall–Kier alpha value is 0.350. The molecular formula is C32H61NaO5. The van der Waals surface area contributed by atoms with E-state index >= 15 is 0 Å². The maximum absolute atomic E-state index is 8.89. The van der Waals surface area contributed by atoms with E-state index < -0.39 is 5.97 Å². The van der Waals surface area contributed by atoms with E-state index in [2.05, 4.69) is 13.8 Å². The third kappa shape index (κ3) is 23.1. The number of ether oxygens (including phenoxy) is 3. The number of hydrogen-bond acceptors (Lipinski definition) is 5. The van der Waals surface area contributed by atoms with E-state index in [1.165, 1.54) is 141 Å². The minimum absolute atomic E-state index is 0. The maximum Gasteiger partial charge on any atom is 1.00 e. The van der Waals surface area contributed by atoms with E-state index in [4.69, 9.17) is 24.1 Å². The van der Waals surface area contributed by atoms with E-state index in [9.17, 15) is 0 Å². The van der Waals surface area contributed by atoms with Gasteiger partial charge in [0.05, 0.1) is 24.4 Å². The molecule has 0 saturated carbocycles. The monoisotopic (exact) mass is 548 g/mol. The molecule has 4 atom stereocenters. The second-order valence-corrected chi connectivity index (χ2v) is 11.4. The average molecular weight is 549 g/mol. The van der Waals surface area contributed by atoms with Gasteiger partial charge in [-0.25, -0.2) is 0 Å². The summed E-state index contributed by atoms with van der Waals surface area (Å²) in [6.07, 6.45) is 31.1. The van der Waals surface area contributed by atoms with Crippen LogP contribution in [0.15, 0.2) is 0 Å². The minimum Gasteiger partial charge on any atom is -0.550 e. The molecule has 220 valence electrons. The van der Waals surface area contributed by atoms with Crippen LogP contribution in [-0.2, 0) is 19.0 Å². The van der Waals surface area contributed by atoms with Crippen LogP contribution in [0, 0.1) is 0 Å². The summed E-state index contributed by atoms with van der Waals surface area (Å²) in [7, 11) is 0. The Balaban J connectivity index is 0.00000255. The summed E-state index contributed by atoms with van der Waals surface area (Å²) < 4.78 is 18.1. The molecule has 0 aliphatic carbocycles. The Kier molecular flexibility index (Phi) is 27.8. The Bertz CT molecular complexity index is 468. The topological polar surface area (TPSA) is 67.8 Å². The fraction of sp³-hybridized carbons (Fsp3) is 0.969. The fourth-order valence-electron chi connectivity index (χ4n) is 5.30. The van der Waals surface area contributed by atoms with Crippen molar-refractivity contribution in [3.8, 4) is 0 Å². The fourth-order valence-corrected chi connectivity index (χ4v) is 5.30. The Morgan fingerprint density at radius 2 is 1.00 bits per heavy atom. The normalized spacial score (nSPS) is 19.8. The molecule has 0 spiro atoms. The molecule has 0 amide bonds. The predicted molar refractivity (Wildman–Crippen MR) is 152 cm³/mol. The van der Waals surface area contributed by atoms with E-state index in [-0.39, 0.29) is 29.6 Å². The Morgan fingerprint density at radius 1 is 0.684 bits per heavy atom. The molecule has 5 nitrogen and oxygen atoms in total. The van der Waals surface area contributed by atoms with Gasteiger partial charge in [0.25, 0.3) is 0 Å². The number of unbranched alkanes of at least 4 members (excludes halogenated alkanes) is 10. The van der Waals surface area contributed by atoms with Crippen LogP contribution in [0.3, 0.4) is 0 Å². The first kappa shape index (κ1) is 38.4. The van der Waals surface area contributed by atoms with Crippen molar-refractivity contribution in [3.63, 3.8) is 0 Å². The standard InChI is InChI=1S/C30H58O3.C2H4O2.Na/c1-3-5-7-9-11-19-29(21-15-13-17-27-23-25-31-27)33-30(20-12-10-8-6-4-2)22-16-14-18-28-24-26-32-28;1-2(3)4;/h27-30H,3-26H2,1-2H3;1H3,(H,3,4);/q;;+1/p-1. The summed E-state index contributed by atoms with van der Waals surface area (Å²) in [5, 5.41) is 8.89. The first-order chi connectivity index (χ1) is 18.0. The molecule has 0 radical (unpaired) electrons. The van der Waals surface area contributed by atoms with Gasteiger partial charge in [0.15, 0.2) is 0 Å². The van der Waals surface area contributed by atoms with E-state index in [1.54, 1.807) is 0 Å². The number of carboxylic acids is 1. The molecule has 0 aromatic carbocycles. The van der Waals surface area contributed by atoms with Gasteiger partial charge in [-0.05, 0) is 58.3 Å². The van der Waals surface area contributed by atoms with Crippen LogP contribution >= 0.6 is 0 Å². The maximum atomic E-state index is 8.89. The average Bonchev–Trinajstić information content (AvgIpc) is 2.80. The second kappa shape index (κ2) is 27.5. The van der Waals surface area contributed by atoms with Gasteiger partial charge in [-0.1, -0.05) is 104 Å². The molecule has 2 aliphatic rings. The van der Waals surface area contributed by atoms with Crippen molar-refractivity contribution in [2.45, 2.75) is 186 Å². The van der Waals surface area contributed by atoms with Crippen LogP contribution in [0.2, 0.25) is 0 Å². The van der Waals surface area contributed by atoms with Crippen molar-refractivity contribution in [2.75, 3.05) is 13.2 Å². The summed E-state index contributed by atoms with van der Waals surface area (Å²) in [4.78, 5) is 8.89. The zero-order valence-corrected chi connectivity index (χ0v) is 27.8. The minimum atomic E-state index is -1.08. The van der Waals surface area contributed by atoms with Gasteiger partial charge in [-0.2, -0.15) is 0 Å². The van der Waals surface area contributed by atoms with Crippen LogP contribution in [0.1, 0.15) is 162 Å². The summed E-state index contributed by atoms with van der Waals surface area (Å²) in [5.41, 5.74) is 0. The smallest absolute Gasteiger partial charge is 0.550 e. The van der Waals surface area contributed by atoms with Gasteiger partial charge in [0.2, 0.25) is 0 Å². The Labute approximate surface area is 258 Å². The number of carbonyl (C=O) groups is 1. The van der Waals surface area contributed by atoms with Crippen LogP contribution in [0.25, 0.3) is 0 Å². The van der Waals surface area contributed by atoms with Crippen molar-refractivity contribution in [2.24, 2.45) is 0 Å². The molecule has 0 N–H and O–H groups in total. The zero-order valence-electron chi connectivity index (χ0n) is 25.8. The molecular weight excluding hydrogens is 487 g/mol. The summed E-state index contributed by atoms with van der Waals surface area (Å²) in [6, 6.07) is 0. The van der Waals surface area contributed by atoms with E-state index in [1.807, 2.05) is 0 Å². The van der Waals surface area contributed by atoms with Crippen molar-refractivity contribution in [1.82, 2.24) is 0 Å². The molecule has 0 bridgehead atoms. The number of aliphatic carboxylic acids is 1. The largest absolute Gasteiger partial charge is 1.00 e. The molecule has 2 rings (SSSR count). The van der Waals surface area contributed by atoms with Gasteiger partial charge in [-0.3, -0.25) is 0 Å². The molecule has 2 aliphatic heterocycles. The van der Waals surface area contributed by atoms with Gasteiger partial charge in [0, 0.05) is 19.2 Å². The summed E-state index contributed by atoms with van der Waals surface area (Å²) in [6.45, 7) is 7.56. The molecule has 2 fully saturated rings. The van der Waals surface area contributed by atoms with Crippen molar-refractivity contribution >= 4 is 5.97 Å². The first-order valence-electron chi connectivity index (χ1n) is 16.1. The van der Waals surface area contributed by atoms with Crippen molar-refractivity contribution < 1.29 is 53.7 Å². The molecule has 4 unspecified atom stereocenters. The van der Waals surface area contributed by atoms with Gasteiger partial charge in [-0.15, -0.1) is 0 Å². The second-order valence-electron chi connectivity index (χ2n) is 11.4. The quantitative estimate of drug-likeness (QED) is 0.127. The van der Waals surface area contributed by atoms with Gasteiger partial charge >= 0.3 is 29.6 Å². The van der Waals surface area contributed by atoms with Crippen molar-refractivity contribution in [3.05, 3.63) is 0 Å². The third-order valence-corrected chi connectivity index (χ3v) is 7.84. The molecule has 2 saturated heterocycles. The van der Waals surface area contributed by atoms with Gasteiger partial charge in [0.1, 0.15) is 0 Å². The summed E-state index contributed by atoms with van der Waals surface area (Å²) >= 11 is 0. The zero-order chi connectivity index (χ0) is 27.0. The first-order valence-corrected chi connectivity index (χ1v) is 16.1. The van der Waals surface area contributed by atoms with E-state index in [0.29, 0.717) is 24.4 Å². The number of rotatable bonds is 24. The molecule has 0 aromatic rings. The third-order valence-electron chi connectivity index (χ3n) is 7.84. The molecule has 6 heteroatoms. The van der Waals surface area contributed by atoms with Gasteiger partial charge < -0.3 is 24.1 Å². The van der Waals surface area contributed by atoms with Crippen LogP contribution < -0.4 is 34.7 Å². The van der Waals surface area contributed by atoms with Crippen LogP contribution in [0.4, 0.5) is 0 Å². The SMILES string of the molecule is CC(=O)[O-].CCCCCCCC(CCCCC1CCO1)OC(CCCCCCC)CCCCC1CCO1.[Na+]. The molecule has 2 heterocycles. The molecule has 38 heavy (non-hydrogen) atoms. The predicted octanol–water partition coefficient (Wildman–Crippen LogP) is 4.92. The van der Waals surface area contributed by atoms with Crippen molar-refractivity contribution in [1.29, 1.82) is 0 Å². The summed E-state index contributed by atoms with van der Waals surface area (Å²) in [5.74, 6) is -1.08. The number of carbonyl (C=O) groups excluding carboxylic acids is 1. The van der Waals surface area contributed by atoms with Crippen LogP contribution in [0.5, 0.6) is 0 Å². The molecule has 0 aromatic heterocycles. The van der Waals surface area contributed by atoms with E-state index in [0.717, 1.165) is 20.1 Å².